The molecule has 0 bridgehead atoms. The number of halogens is 1. The summed E-state index contributed by atoms with van der Waals surface area (Å²) in [5.41, 5.74) is 0.649. The molecule has 3 rings (SSSR count). The second-order valence-corrected chi connectivity index (χ2v) is 9.81. The number of likely N-dealkylation sites (N-methyl/N-ethyl adjacent to an activating group) is 1. The monoisotopic (exact) mass is 413 g/mol. The van der Waals surface area contributed by atoms with Crippen LogP contribution in [-0.2, 0) is 19.4 Å². The molecule has 2 amide bonds. The molecule has 0 unspecified atom stereocenters. The van der Waals surface area contributed by atoms with Gasteiger partial charge in [-0.25, -0.2) is 8.42 Å². The molecular weight excluding hydrogens is 390 g/mol. The van der Waals surface area contributed by atoms with E-state index in [1.54, 1.807) is 35.0 Å². The Morgan fingerprint density at radius 3 is 2.74 bits per heavy atom. The van der Waals surface area contributed by atoms with Gasteiger partial charge < -0.3 is 10.2 Å². The van der Waals surface area contributed by atoms with Gasteiger partial charge in [-0.3, -0.25) is 14.5 Å². The fraction of sp³-hybridized carbons (Fsp3) is 0.556. The summed E-state index contributed by atoms with van der Waals surface area (Å²) >= 11 is 6.20. The van der Waals surface area contributed by atoms with Crippen molar-refractivity contribution in [2.45, 2.75) is 31.3 Å². The van der Waals surface area contributed by atoms with Crippen LogP contribution in [0.1, 0.15) is 19.3 Å². The van der Waals surface area contributed by atoms with E-state index in [2.05, 4.69) is 5.32 Å². The maximum Gasteiger partial charge on any atom is 0.249 e. The van der Waals surface area contributed by atoms with Gasteiger partial charge in [0, 0.05) is 12.6 Å². The molecule has 0 aliphatic carbocycles. The van der Waals surface area contributed by atoms with E-state index in [1.165, 1.54) is 0 Å². The average molecular weight is 414 g/mol. The van der Waals surface area contributed by atoms with Gasteiger partial charge in [0.1, 0.15) is 6.04 Å². The zero-order chi connectivity index (χ0) is 19.6. The van der Waals surface area contributed by atoms with Crippen molar-refractivity contribution in [3.8, 4) is 0 Å². The Balaban J connectivity index is 1.59. The van der Waals surface area contributed by atoms with Gasteiger partial charge in [-0.2, -0.15) is 0 Å². The highest BCUT2D eigenvalue weighted by Gasteiger charge is 2.34. The fourth-order valence-corrected chi connectivity index (χ4v) is 5.68. The Morgan fingerprint density at radius 1 is 1.33 bits per heavy atom. The molecule has 2 saturated heterocycles. The standard InChI is InChI=1S/C18H24ClN3O4S/c1-21(13-8-10-27(25,26)12-13)11-17(23)20-15-6-4-9-22(18(15)24)16-7-3-2-5-14(16)19/h2-3,5,7,13,15H,4,6,8-12H2,1H3,(H,20,23)/t13-,15+/m0/s1. The van der Waals surface area contributed by atoms with Crippen LogP contribution in [0.3, 0.4) is 0 Å². The van der Waals surface area contributed by atoms with Crippen LogP contribution in [0.25, 0.3) is 0 Å². The van der Waals surface area contributed by atoms with E-state index >= 15 is 0 Å². The summed E-state index contributed by atoms with van der Waals surface area (Å²) in [4.78, 5) is 28.6. The van der Waals surface area contributed by atoms with Crippen LogP contribution in [0.15, 0.2) is 24.3 Å². The number of benzene rings is 1. The second kappa shape index (κ2) is 8.16. The van der Waals surface area contributed by atoms with Crippen molar-refractivity contribution in [3.63, 3.8) is 0 Å². The van der Waals surface area contributed by atoms with Crippen molar-refractivity contribution in [1.29, 1.82) is 0 Å². The third-order valence-electron chi connectivity index (χ3n) is 5.14. The molecule has 0 radical (unpaired) electrons. The zero-order valence-electron chi connectivity index (χ0n) is 15.2. The SMILES string of the molecule is CN(CC(=O)N[C@@H]1CCCN(c2ccccc2Cl)C1=O)[C@H]1CCS(=O)(=O)C1. The predicted octanol–water partition coefficient (Wildman–Crippen LogP) is 1.07. The average Bonchev–Trinajstić information content (AvgIpc) is 2.98. The number of hydrogen-bond donors (Lipinski definition) is 1. The van der Waals surface area contributed by atoms with Crippen molar-refractivity contribution in [3.05, 3.63) is 29.3 Å². The summed E-state index contributed by atoms with van der Waals surface area (Å²) in [6.07, 6.45) is 1.88. The number of carbonyl (C=O) groups excluding carboxylic acids is 2. The molecule has 2 atom stereocenters. The minimum atomic E-state index is -3.00. The molecule has 0 aromatic heterocycles. The lowest BCUT2D eigenvalue weighted by atomic mass is 10.0. The third-order valence-corrected chi connectivity index (χ3v) is 7.21. The topological polar surface area (TPSA) is 86.8 Å². The van der Waals surface area contributed by atoms with Gasteiger partial charge in [-0.05, 0) is 38.4 Å². The summed E-state index contributed by atoms with van der Waals surface area (Å²) in [5, 5.41) is 3.30. The first kappa shape index (κ1) is 20.1. The number of carbonyl (C=O) groups is 2. The van der Waals surface area contributed by atoms with Gasteiger partial charge in [-0.1, -0.05) is 23.7 Å². The Labute approximate surface area is 164 Å². The molecule has 2 heterocycles. The second-order valence-electron chi connectivity index (χ2n) is 7.18. The minimum Gasteiger partial charge on any atom is -0.343 e. The molecular formula is C18H24ClN3O4S. The van der Waals surface area contributed by atoms with E-state index in [0.717, 1.165) is 6.42 Å². The number of hydrogen-bond acceptors (Lipinski definition) is 5. The van der Waals surface area contributed by atoms with E-state index in [-0.39, 0.29) is 35.9 Å². The predicted molar refractivity (Wildman–Crippen MR) is 105 cm³/mol. The summed E-state index contributed by atoms with van der Waals surface area (Å²) in [6.45, 7) is 0.630. The Kier molecular flexibility index (Phi) is 6.08. The van der Waals surface area contributed by atoms with Crippen LogP contribution in [0, 0.1) is 0 Å². The molecule has 27 heavy (non-hydrogen) atoms. The van der Waals surface area contributed by atoms with Gasteiger partial charge in [0.25, 0.3) is 0 Å². The molecule has 1 aromatic rings. The number of nitrogens with one attached hydrogen (secondary N) is 1. The molecule has 9 heteroatoms. The van der Waals surface area contributed by atoms with E-state index < -0.39 is 15.9 Å². The maximum atomic E-state index is 12.8. The van der Waals surface area contributed by atoms with Crippen LogP contribution in [-0.4, -0.2) is 68.9 Å². The normalized spacial score (nSPS) is 25.0. The first-order valence-corrected chi connectivity index (χ1v) is 11.2. The summed E-state index contributed by atoms with van der Waals surface area (Å²) in [5.74, 6) is -0.202. The van der Waals surface area contributed by atoms with Crippen molar-refractivity contribution >= 4 is 38.9 Å². The summed E-state index contributed by atoms with van der Waals surface area (Å²) in [7, 11) is -1.26. The molecule has 2 fully saturated rings. The van der Waals surface area contributed by atoms with Gasteiger partial charge in [-0.15, -0.1) is 0 Å². The number of anilines is 1. The van der Waals surface area contributed by atoms with E-state index in [1.807, 2.05) is 6.07 Å². The maximum absolute atomic E-state index is 12.8. The van der Waals surface area contributed by atoms with Crippen LogP contribution >= 0.6 is 11.6 Å². The third kappa shape index (κ3) is 4.80. The Morgan fingerprint density at radius 2 is 2.07 bits per heavy atom. The molecule has 148 valence electrons. The van der Waals surface area contributed by atoms with Gasteiger partial charge in [0.15, 0.2) is 9.84 Å². The lowest BCUT2D eigenvalue weighted by Gasteiger charge is -2.33. The van der Waals surface area contributed by atoms with Crippen LogP contribution in [0.4, 0.5) is 5.69 Å². The quantitative estimate of drug-likeness (QED) is 0.780. The van der Waals surface area contributed by atoms with Gasteiger partial charge in [0.05, 0.1) is 28.8 Å². The van der Waals surface area contributed by atoms with E-state index in [4.69, 9.17) is 11.6 Å². The van der Waals surface area contributed by atoms with Crippen LogP contribution in [0.5, 0.6) is 0 Å². The number of para-hydroxylation sites is 1. The number of nitrogens with zero attached hydrogens (tertiary/aromatic N) is 2. The van der Waals surface area contributed by atoms with Crippen molar-refractivity contribution in [1.82, 2.24) is 10.2 Å². The molecule has 2 aliphatic heterocycles. The zero-order valence-corrected chi connectivity index (χ0v) is 16.8. The highest BCUT2D eigenvalue weighted by Crippen LogP contribution is 2.28. The van der Waals surface area contributed by atoms with E-state index in [0.29, 0.717) is 30.1 Å². The first-order chi connectivity index (χ1) is 12.8. The minimum absolute atomic E-state index is 0.0655. The number of rotatable bonds is 5. The van der Waals surface area contributed by atoms with Gasteiger partial charge in [0.2, 0.25) is 11.8 Å². The molecule has 1 N–H and O–H groups in total. The van der Waals surface area contributed by atoms with Crippen molar-refractivity contribution in [2.24, 2.45) is 0 Å². The van der Waals surface area contributed by atoms with Gasteiger partial charge >= 0.3 is 0 Å². The first-order valence-electron chi connectivity index (χ1n) is 9.03. The van der Waals surface area contributed by atoms with E-state index in [9.17, 15) is 18.0 Å². The highest BCUT2D eigenvalue weighted by molar-refractivity contribution is 7.91. The number of piperidine rings is 1. The molecule has 0 saturated carbocycles. The van der Waals surface area contributed by atoms with Crippen LogP contribution in [0.2, 0.25) is 5.02 Å². The smallest absolute Gasteiger partial charge is 0.249 e. The lowest BCUT2D eigenvalue weighted by Crippen LogP contribution is -2.54. The highest BCUT2D eigenvalue weighted by atomic mass is 35.5. The molecule has 0 spiro atoms. The van der Waals surface area contributed by atoms with Crippen molar-refractivity contribution in [2.75, 3.05) is 36.5 Å². The summed E-state index contributed by atoms with van der Waals surface area (Å²) < 4.78 is 23.2. The number of amides is 2. The molecule has 7 nitrogen and oxygen atoms in total. The number of sulfone groups is 1. The van der Waals surface area contributed by atoms with Crippen molar-refractivity contribution < 1.29 is 18.0 Å². The lowest BCUT2D eigenvalue weighted by molar-refractivity contribution is -0.129. The molecule has 2 aliphatic rings. The Bertz CT molecular complexity index is 830. The molecule has 1 aromatic carbocycles. The van der Waals surface area contributed by atoms with Crippen LogP contribution < -0.4 is 10.2 Å². The Hall–Kier alpha value is -1.64. The largest absolute Gasteiger partial charge is 0.343 e. The fourth-order valence-electron chi connectivity index (χ4n) is 3.64. The summed E-state index contributed by atoms with van der Waals surface area (Å²) in [6, 6.07) is 6.40.